The largest absolute Gasteiger partial charge is 0.439 e. The van der Waals surface area contributed by atoms with Gasteiger partial charge in [0.05, 0.1) is 35.8 Å². The van der Waals surface area contributed by atoms with Crippen molar-refractivity contribution in [3.63, 3.8) is 0 Å². The Morgan fingerprint density at radius 1 is 1.15 bits per heavy atom. The highest BCUT2D eigenvalue weighted by Gasteiger charge is 2.26. The summed E-state index contributed by atoms with van der Waals surface area (Å²) in [6.07, 6.45) is 2.47. The van der Waals surface area contributed by atoms with E-state index in [0.29, 0.717) is 25.6 Å². The smallest absolute Gasteiger partial charge is 0.227 e. The molecule has 0 saturated carbocycles. The van der Waals surface area contributed by atoms with Crippen LogP contribution in [0.25, 0.3) is 5.69 Å². The van der Waals surface area contributed by atoms with Crippen LogP contribution < -0.4 is 4.74 Å². The highest BCUT2D eigenvalue weighted by molar-refractivity contribution is 5.43. The van der Waals surface area contributed by atoms with E-state index in [4.69, 9.17) is 19.3 Å². The van der Waals surface area contributed by atoms with Crippen molar-refractivity contribution in [3.8, 4) is 17.3 Å². The lowest BCUT2D eigenvalue weighted by atomic mass is 10.1. The third-order valence-corrected chi connectivity index (χ3v) is 6.01. The summed E-state index contributed by atoms with van der Waals surface area (Å²) in [6.45, 7) is 5.02. The van der Waals surface area contributed by atoms with Gasteiger partial charge in [0.25, 0.3) is 0 Å². The van der Waals surface area contributed by atoms with Crippen molar-refractivity contribution in [1.82, 2.24) is 14.7 Å². The second kappa shape index (κ2) is 12.1. The van der Waals surface area contributed by atoms with Crippen LogP contribution in [0.1, 0.15) is 31.0 Å². The summed E-state index contributed by atoms with van der Waals surface area (Å²) in [4.78, 5) is 2.24. The van der Waals surface area contributed by atoms with E-state index < -0.39 is 6.10 Å². The molecule has 0 unspecified atom stereocenters. The predicted octanol–water partition coefficient (Wildman–Crippen LogP) is 4.22. The number of rotatable bonds is 12. The zero-order chi connectivity index (χ0) is 23.8. The van der Waals surface area contributed by atoms with E-state index in [1.54, 1.807) is 7.11 Å². The van der Waals surface area contributed by atoms with E-state index in [2.05, 4.69) is 11.8 Å². The second-order valence-corrected chi connectivity index (χ2v) is 8.68. The van der Waals surface area contributed by atoms with Gasteiger partial charge in [-0.15, -0.1) is 0 Å². The molecular weight excluding hydrogens is 430 g/mol. The molecule has 1 aromatic heterocycles. The summed E-state index contributed by atoms with van der Waals surface area (Å²) in [7, 11) is 1.61. The monoisotopic (exact) mass is 465 g/mol. The third-order valence-electron chi connectivity index (χ3n) is 6.01. The van der Waals surface area contributed by atoms with Crippen LogP contribution in [0.15, 0.2) is 60.7 Å². The number of ether oxygens (including phenoxy) is 3. The molecule has 1 fully saturated rings. The molecule has 2 heterocycles. The lowest BCUT2D eigenvalue weighted by molar-refractivity contribution is 0.0155. The average Bonchev–Trinajstić information content (AvgIpc) is 3.48. The molecule has 1 N–H and O–H groups in total. The predicted molar refractivity (Wildman–Crippen MR) is 132 cm³/mol. The Balaban J connectivity index is 1.70. The molecule has 7 nitrogen and oxygen atoms in total. The lowest BCUT2D eigenvalue weighted by Gasteiger charge is -2.27. The molecule has 1 saturated heterocycles. The number of para-hydroxylation sites is 2. The number of benzene rings is 2. The van der Waals surface area contributed by atoms with Gasteiger partial charge >= 0.3 is 0 Å². The van der Waals surface area contributed by atoms with Crippen LogP contribution in [-0.2, 0) is 22.4 Å². The summed E-state index contributed by atoms with van der Waals surface area (Å²) in [5.74, 6) is 1.46. The number of aliphatic hydroxyl groups excluding tert-OH is 1. The minimum Gasteiger partial charge on any atom is -0.439 e. The lowest BCUT2D eigenvalue weighted by Crippen LogP contribution is -2.39. The first-order valence-corrected chi connectivity index (χ1v) is 12.1. The molecular formula is C27H35N3O4. The van der Waals surface area contributed by atoms with Crippen LogP contribution in [0.4, 0.5) is 0 Å². The molecule has 182 valence electrons. The highest BCUT2D eigenvalue weighted by atomic mass is 16.5. The minimum absolute atomic E-state index is 0.169. The Hall–Kier alpha value is -2.71. The maximum absolute atomic E-state index is 10.5. The third kappa shape index (κ3) is 6.24. The Morgan fingerprint density at radius 3 is 2.53 bits per heavy atom. The normalized spacial score (nSPS) is 16.8. The highest BCUT2D eigenvalue weighted by Crippen LogP contribution is 2.32. The second-order valence-electron chi connectivity index (χ2n) is 8.68. The molecule has 1 aliphatic rings. The van der Waals surface area contributed by atoms with Gasteiger partial charge in [0, 0.05) is 33.4 Å². The molecule has 7 heteroatoms. The van der Waals surface area contributed by atoms with Crippen LogP contribution in [0.3, 0.4) is 0 Å². The summed E-state index contributed by atoms with van der Waals surface area (Å²) in [5.41, 5.74) is 2.95. The number of hydrogen-bond acceptors (Lipinski definition) is 6. The summed E-state index contributed by atoms with van der Waals surface area (Å²) in [6, 6.07) is 19.8. The zero-order valence-corrected chi connectivity index (χ0v) is 20.1. The van der Waals surface area contributed by atoms with E-state index in [1.807, 2.05) is 65.3 Å². The van der Waals surface area contributed by atoms with Gasteiger partial charge in [-0.3, -0.25) is 4.90 Å². The summed E-state index contributed by atoms with van der Waals surface area (Å²) in [5, 5.41) is 15.5. The van der Waals surface area contributed by atoms with Crippen molar-refractivity contribution in [2.75, 3.05) is 33.4 Å². The Labute approximate surface area is 201 Å². The first-order valence-electron chi connectivity index (χ1n) is 12.1. The first kappa shape index (κ1) is 24.4. The Morgan fingerprint density at radius 2 is 1.88 bits per heavy atom. The molecule has 1 aliphatic heterocycles. The average molecular weight is 466 g/mol. The molecule has 34 heavy (non-hydrogen) atoms. The van der Waals surface area contributed by atoms with Crippen LogP contribution in [0.5, 0.6) is 11.6 Å². The van der Waals surface area contributed by atoms with Crippen molar-refractivity contribution in [3.05, 3.63) is 71.9 Å². The number of aromatic nitrogens is 2. The fourth-order valence-corrected chi connectivity index (χ4v) is 4.42. The molecule has 0 aliphatic carbocycles. The molecule has 0 radical (unpaired) electrons. The minimum atomic E-state index is -0.584. The van der Waals surface area contributed by atoms with E-state index in [9.17, 15) is 5.11 Å². The van der Waals surface area contributed by atoms with Crippen LogP contribution in [0.2, 0.25) is 0 Å². The number of aryl methyl sites for hydroxylation is 1. The first-order chi connectivity index (χ1) is 16.7. The van der Waals surface area contributed by atoms with Gasteiger partial charge in [-0.05, 0) is 43.5 Å². The van der Waals surface area contributed by atoms with Gasteiger partial charge in [0.15, 0.2) is 0 Å². The summed E-state index contributed by atoms with van der Waals surface area (Å²) < 4.78 is 19.4. The molecule has 0 spiro atoms. The fourth-order valence-electron chi connectivity index (χ4n) is 4.42. The number of aliphatic hydroxyl groups is 1. The maximum atomic E-state index is 10.5. The van der Waals surface area contributed by atoms with Gasteiger partial charge in [-0.25, -0.2) is 4.68 Å². The van der Waals surface area contributed by atoms with E-state index in [-0.39, 0.29) is 6.10 Å². The van der Waals surface area contributed by atoms with Crippen molar-refractivity contribution in [2.45, 2.75) is 44.9 Å². The van der Waals surface area contributed by atoms with Crippen molar-refractivity contribution in [2.24, 2.45) is 0 Å². The van der Waals surface area contributed by atoms with E-state index in [1.165, 1.54) is 0 Å². The maximum Gasteiger partial charge on any atom is 0.227 e. The zero-order valence-electron chi connectivity index (χ0n) is 20.1. The van der Waals surface area contributed by atoms with Crippen LogP contribution in [-0.4, -0.2) is 65.4 Å². The number of hydrogen-bond donors (Lipinski definition) is 1. The molecule has 2 aromatic carbocycles. The van der Waals surface area contributed by atoms with Crippen LogP contribution in [0, 0.1) is 0 Å². The molecule has 0 amide bonds. The van der Waals surface area contributed by atoms with Gasteiger partial charge in [0.1, 0.15) is 5.75 Å². The van der Waals surface area contributed by atoms with Crippen LogP contribution >= 0.6 is 0 Å². The van der Waals surface area contributed by atoms with Crippen molar-refractivity contribution in [1.29, 1.82) is 0 Å². The van der Waals surface area contributed by atoms with Crippen molar-refractivity contribution >= 4 is 0 Å². The molecule has 3 aromatic rings. The Kier molecular flexibility index (Phi) is 8.71. The molecule has 4 rings (SSSR count). The van der Waals surface area contributed by atoms with E-state index in [0.717, 1.165) is 55.1 Å². The summed E-state index contributed by atoms with van der Waals surface area (Å²) >= 11 is 0. The van der Waals surface area contributed by atoms with Gasteiger partial charge in [-0.2, -0.15) is 5.10 Å². The standard InChI is InChI=1S/C27H35N3O4/c1-3-26-25(19-29(17-22(31)20-32-2)18-24-15-10-16-33-24)27(34-23-13-8-5-9-14-23)30(28-26)21-11-6-4-7-12-21/h4-9,11-14,22,24,31H,3,10,15-20H2,1-2H3/t22-,24-/m0/s1. The van der Waals surface area contributed by atoms with Gasteiger partial charge in [-0.1, -0.05) is 43.3 Å². The topological polar surface area (TPSA) is 69.0 Å². The van der Waals surface area contributed by atoms with Gasteiger partial charge in [0.2, 0.25) is 5.88 Å². The SMILES string of the molecule is CCc1nn(-c2ccccc2)c(Oc2ccccc2)c1CN(C[C@H](O)COC)C[C@@H]1CCCO1. The quantitative estimate of drug-likeness (QED) is 0.432. The van der Waals surface area contributed by atoms with Crippen molar-refractivity contribution < 1.29 is 19.3 Å². The molecule has 0 bridgehead atoms. The van der Waals surface area contributed by atoms with E-state index >= 15 is 0 Å². The Bertz CT molecular complexity index is 1000. The van der Waals surface area contributed by atoms with Gasteiger partial charge < -0.3 is 19.3 Å². The fraction of sp³-hybridized carbons (Fsp3) is 0.444. The molecule has 2 atom stereocenters. The number of nitrogens with zero attached hydrogens (tertiary/aromatic N) is 3. The number of methoxy groups -OCH3 is 1.